The number of nitrogen functional groups attached to an aromatic ring is 1. The van der Waals surface area contributed by atoms with Gasteiger partial charge in [-0.25, -0.2) is 9.31 Å². The molecule has 22 heavy (non-hydrogen) atoms. The van der Waals surface area contributed by atoms with Gasteiger partial charge in [-0.1, -0.05) is 18.2 Å². The fourth-order valence-corrected chi connectivity index (χ4v) is 3.27. The standard InChI is InChI=1S/C15H15N5OS/c1-10-9-11(17-15-18-14(16)19-20-15)7-8-13(10)22(21)12-5-3-2-4-6-12/h2-9H,1H3,(H4,16,17,18,19,20). The smallest absolute Gasteiger partial charge is 0.248 e. The van der Waals surface area contributed by atoms with E-state index in [4.69, 9.17) is 5.73 Å². The van der Waals surface area contributed by atoms with E-state index in [1.807, 2.05) is 55.5 Å². The van der Waals surface area contributed by atoms with E-state index in [0.717, 1.165) is 21.0 Å². The molecule has 3 rings (SSSR count). The Labute approximate surface area is 130 Å². The van der Waals surface area contributed by atoms with Crippen molar-refractivity contribution in [2.45, 2.75) is 16.7 Å². The minimum absolute atomic E-state index is 0.251. The number of nitrogens with two attached hydrogens (primary N) is 1. The van der Waals surface area contributed by atoms with Crippen molar-refractivity contribution < 1.29 is 4.21 Å². The van der Waals surface area contributed by atoms with E-state index < -0.39 is 10.8 Å². The maximum Gasteiger partial charge on any atom is 0.248 e. The molecular formula is C15H15N5OS. The van der Waals surface area contributed by atoms with Crippen LogP contribution in [0.2, 0.25) is 0 Å². The van der Waals surface area contributed by atoms with E-state index in [-0.39, 0.29) is 5.95 Å². The van der Waals surface area contributed by atoms with Gasteiger partial charge in [0.15, 0.2) is 0 Å². The van der Waals surface area contributed by atoms with E-state index in [1.165, 1.54) is 0 Å². The van der Waals surface area contributed by atoms with E-state index in [2.05, 4.69) is 20.5 Å². The molecule has 2 aromatic carbocycles. The third kappa shape index (κ3) is 2.99. The van der Waals surface area contributed by atoms with Crippen molar-refractivity contribution in [1.29, 1.82) is 0 Å². The molecule has 4 N–H and O–H groups in total. The van der Waals surface area contributed by atoms with Crippen LogP contribution in [0.3, 0.4) is 0 Å². The van der Waals surface area contributed by atoms with Crippen LogP contribution in [0.5, 0.6) is 0 Å². The molecule has 3 aromatic rings. The normalized spacial score (nSPS) is 12.0. The summed E-state index contributed by atoms with van der Waals surface area (Å²) in [6, 6.07) is 15.0. The van der Waals surface area contributed by atoms with Crippen molar-refractivity contribution in [3.8, 4) is 0 Å². The number of hydrogen-bond acceptors (Lipinski definition) is 5. The summed E-state index contributed by atoms with van der Waals surface area (Å²) >= 11 is 0. The monoisotopic (exact) mass is 313 g/mol. The summed E-state index contributed by atoms with van der Waals surface area (Å²) in [6.07, 6.45) is 0. The highest BCUT2D eigenvalue weighted by molar-refractivity contribution is 7.85. The summed E-state index contributed by atoms with van der Waals surface area (Å²) in [5.74, 6) is 0.648. The van der Waals surface area contributed by atoms with E-state index in [9.17, 15) is 4.21 Å². The molecule has 1 atom stereocenters. The Morgan fingerprint density at radius 2 is 1.95 bits per heavy atom. The van der Waals surface area contributed by atoms with Crippen LogP contribution in [0, 0.1) is 6.92 Å². The van der Waals surface area contributed by atoms with Crippen LogP contribution in [-0.4, -0.2) is 19.4 Å². The van der Waals surface area contributed by atoms with Crippen molar-refractivity contribution in [2.75, 3.05) is 11.1 Å². The van der Waals surface area contributed by atoms with Crippen molar-refractivity contribution in [3.05, 3.63) is 54.1 Å². The largest absolute Gasteiger partial charge is 0.368 e. The summed E-state index contributed by atoms with van der Waals surface area (Å²) in [5.41, 5.74) is 7.22. The van der Waals surface area contributed by atoms with Crippen LogP contribution >= 0.6 is 0 Å². The van der Waals surface area contributed by atoms with Gasteiger partial charge in [0.1, 0.15) is 0 Å². The highest BCUT2D eigenvalue weighted by Gasteiger charge is 2.10. The minimum atomic E-state index is -1.19. The average molecular weight is 313 g/mol. The van der Waals surface area contributed by atoms with Crippen LogP contribution in [-0.2, 0) is 10.8 Å². The predicted octanol–water partition coefficient (Wildman–Crippen LogP) is 2.61. The summed E-state index contributed by atoms with van der Waals surface area (Å²) < 4.78 is 12.6. The maximum atomic E-state index is 12.6. The van der Waals surface area contributed by atoms with Crippen LogP contribution < -0.4 is 11.1 Å². The maximum absolute atomic E-state index is 12.6. The molecule has 0 saturated heterocycles. The molecule has 1 heterocycles. The van der Waals surface area contributed by atoms with Gasteiger partial charge in [-0.3, -0.25) is 0 Å². The zero-order valence-electron chi connectivity index (χ0n) is 11.9. The Balaban J connectivity index is 1.85. The number of benzene rings is 2. The number of aromatic nitrogens is 3. The van der Waals surface area contributed by atoms with Gasteiger partial charge in [-0.2, -0.15) is 4.98 Å². The number of rotatable bonds is 4. The first-order valence-corrected chi connectivity index (χ1v) is 7.81. The van der Waals surface area contributed by atoms with Crippen molar-refractivity contribution >= 4 is 28.4 Å². The Kier molecular flexibility index (Phi) is 3.88. The second-order valence-corrected chi connectivity index (χ2v) is 6.18. The van der Waals surface area contributed by atoms with Crippen LogP contribution in [0.15, 0.2) is 58.3 Å². The first-order valence-electron chi connectivity index (χ1n) is 6.66. The number of anilines is 3. The van der Waals surface area contributed by atoms with E-state index in [0.29, 0.717) is 5.95 Å². The zero-order valence-corrected chi connectivity index (χ0v) is 12.7. The summed E-state index contributed by atoms with van der Waals surface area (Å²) in [4.78, 5) is 5.55. The Morgan fingerprint density at radius 1 is 1.18 bits per heavy atom. The number of H-pyrrole nitrogens is 1. The van der Waals surface area contributed by atoms with Crippen LogP contribution in [0.1, 0.15) is 5.56 Å². The van der Waals surface area contributed by atoms with E-state index in [1.54, 1.807) is 0 Å². The number of nitrogens with one attached hydrogen (secondary N) is 2. The molecule has 6 nitrogen and oxygen atoms in total. The number of hydrogen-bond donors (Lipinski definition) is 3. The van der Waals surface area contributed by atoms with Crippen molar-refractivity contribution in [3.63, 3.8) is 0 Å². The fraction of sp³-hybridized carbons (Fsp3) is 0.0667. The van der Waals surface area contributed by atoms with Crippen LogP contribution in [0.25, 0.3) is 0 Å². The molecule has 0 fully saturated rings. The van der Waals surface area contributed by atoms with Gasteiger partial charge in [-0.05, 0) is 42.8 Å². The van der Waals surface area contributed by atoms with Gasteiger partial charge in [0, 0.05) is 15.5 Å². The van der Waals surface area contributed by atoms with Gasteiger partial charge < -0.3 is 11.1 Å². The van der Waals surface area contributed by atoms with E-state index >= 15 is 0 Å². The molecule has 0 aliphatic rings. The highest BCUT2D eigenvalue weighted by atomic mass is 32.2. The molecule has 0 aliphatic heterocycles. The molecule has 0 amide bonds. The first-order chi connectivity index (χ1) is 10.6. The molecule has 0 spiro atoms. The molecule has 0 radical (unpaired) electrons. The lowest BCUT2D eigenvalue weighted by molar-refractivity contribution is 0.682. The second kappa shape index (κ2) is 5.98. The van der Waals surface area contributed by atoms with Crippen LogP contribution in [0.4, 0.5) is 17.6 Å². The first kappa shape index (κ1) is 14.3. The van der Waals surface area contributed by atoms with Gasteiger partial charge in [-0.15, -0.1) is 5.10 Å². The zero-order chi connectivity index (χ0) is 15.5. The Bertz CT molecular complexity index is 816. The summed E-state index contributed by atoms with van der Waals surface area (Å²) in [5, 5.41) is 9.51. The molecule has 112 valence electrons. The molecule has 0 saturated carbocycles. The molecular weight excluding hydrogens is 298 g/mol. The quantitative estimate of drug-likeness (QED) is 0.688. The third-order valence-corrected chi connectivity index (χ3v) is 4.65. The number of aryl methyl sites for hydroxylation is 1. The topological polar surface area (TPSA) is 96.7 Å². The minimum Gasteiger partial charge on any atom is -0.368 e. The van der Waals surface area contributed by atoms with Crippen molar-refractivity contribution in [1.82, 2.24) is 15.2 Å². The Morgan fingerprint density at radius 3 is 2.59 bits per heavy atom. The lowest BCUT2D eigenvalue weighted by Gasteiger charge is -2.09. The molecule has 1 aromatic heterocycles. The second-order valence-electron chi connectivity index (χ2n) is 4.73. The Hall–Kier alpha value is -2.67. The lowest BCUT2D eigenvalue weighted by Crippen LogP contribution is -1.98. The predicted molar refractivity (Wildman–Crippen MR) is 86.4 cm³/mol. The van der Waals surface area contributed by atoms with Gasteiger partial charge in [0.25, 0.3) is 0 Å². The highest BCUT2D eigenvalue weighted by Crippen LogP contribution is 2.24. The lowest BCUT2D eigenvalue weighted by atomic mass is 10.2. The van der Waals surface area contributed by atoms with Gasteiger partial charge >= 0.3 is 0 Å². The van der Waals surface area contributed by atoms with Crippen molar-refractivity contribution in [2.24, 2.45) is 0 Å². The summed E-state index contributed by atoms with van der Waals surface area (Å²) in [7, 11) is -1.19. The number of aromatic amines is 1. The molecule has 1 unspecified atom stereocenters. The molecule has 0 aliphatic carbocycles. The fourth-order valence-electron chi connectivity index (χ4n) is 2.07. The number of nitrogens with zero attached hydrogens (tertiary/aromatic N) is 2. The third-order valence-electron chi connectivity index (χ3n) is 3.09. The summed E-state index contributed by atoms with van der Waals surface area (Å²) in [6.45, 7) is 1.92. The average Bonchev–Trinajstić information content (AvgIpc) is 2.93. The SMILES string of the molecule is Cc1cc(Nc2n[nH]c(N)n2)ccc1S(=O)c1ccccc1. The molecule has 7 heteroatoms. The van der Waals surface area contributed by atoms with Gasteiger partial charge in [0.2, 0.25) is 11.9 Å². The molecule has 0 bridgehead atoms. The van der Waals surface area contributed by atoms with Gasteiger partial charge in [0.05, 0.1) is 10.8 Å².